The van der Waals surface area contributed by atoms with Crippen molar-refractivity contribution in [3.05, 3.63) is 94.8 Å². The van der Waals surface area contributed by atoms with Crippen LogP contribution in [0.5, 0.6) is 0 Å². The third-order valence-electron chi connectivity index (χ3n) is 8.31. The topological polar surface area (TPSA) is 83.4 Å². The number of carbonyl (C=O) groups excluding carboxylic acids is 1. The summed E-state index contributed by atoms with van der Waals surface area (Å²) in [6.45, 7) is 12.2. The number of nitrogens with one attached hydrogen (secondary N) is 1. The molecule has 0 bridgehead atoms. The minimum Gasteiger partial charge on any atom is -0.394 e. The Labute approximate surface area is 250 Å². The second-order valence-corrected chi connectivity index (χ2v) is 12.7. The van der Waals surface area contributed by atoms with E-state index in [-0.39, 0.29) is 42.1 Å². The predicted molar refractivity (Wildman–Crippen MR) is 167 cm³/mol. The van der Waals surface area contributed by atoms with Crippen LogP contribution in [0, 0.1) is 18.3 Å². The van der Waals surface area contributed by atoms with Gasteiger partial charge in [-0.05, 0) is 36.6 Å². The number of fused-ring (bicyclic) bond motifs is 1. The van der Waals surface area contributed by atoms with Crippen molar-refractivity contribution in [3.63, 3.8) is 0 Å². The number of benzene rings is 1. The average Bonchev–Trinajstić information content (AvgIpc) is 2.98. The molecule has 1 aromatic carbocycles. The Bertz CT molecular complexity index is 1310. The summed E-state index contributed by atoms with van der Waals surface area (Å²) in [6, 6.07) is 8.58. The lowest BCUT2D eigenvalue weighted by Crippen LogP contribution is -2.45. The first-order valence-corrected chi connectivity index (χ1v) is 15.2. The molecule has 1 fully saturated rings. The van der Waals surface area contributed by atoms with Crippen LogP contribution in [0.15, 0.2) is 88.6 Å². The second kappa shape index (κ2) is 13.5. The normalized spacial score (nSPS) is 26.1. The smallest absolute Gasteiger partial charge is 0.228 e. The molecule has 0 spiro atoms. The molecule has 2 aliphatic carbocycles. The van der Waals surface area contributed by atoms with Crippen LogP contribution in [-0.4, -0.2) is 73.3 Å². The van der Waals surface area contributed by atoms with Gasteiger partial charge >= 0.3 is 0 Å². The fraction of sp³-hybridized carbons (Fsp3) is 0.486. The van der Waals surface area contributed by atoms with Crippen LogP contribution in [0.2, 0.25) is 0 Å². The van der Waals surface area contributed by atoms with Gasteiger partial charge in [0.05, 0.1) is 38.1 Å². The van der Waals surface area contributed by atoms with Gasteiger partial charge in [0.1, 0.15) is 0 Å². The van der Waals surface area contributed by atoms with E-state index in [0.717, 1.165) is 48.6 Å². The van der Waals surface area contributed by atoms with Crippen molar-refractivity contribution in [1.29, 1.82) is 0 Å². The summed E-state index contributed by atoms with van der Waals surface area (Å²) >= 11 is 0. The van der Waals surface area contributed by atoms with Gasteiger partial charge in [0, 0.05) is 48.8 Å². The number of hydrogen-bond acceptors (Lipinski definition) is 6. The van der Waals surface area contributed by atoms with Crippen molar-refractivity contribution < 1.29 is 19.4 Å². The minimum atomic E-state index is -0.120. The van der Waals surface area contributed by atoms with Crippen LogP contribution < -0.4 is 5.32 Å². The molecule has 2 heterocycles. The summed E-state index contributed by atoms with van der Waals surface area (Å²) in [5.41, 5.74) is 6.34. The number of aliphatic imine (C=N–C) groups is 1. The SMILES string of the molecule is Cc1ccc(C2CC(CC(=O)NC3=C4C=CC=CC4[C@H](OCCN4CCOC(CO)C4)C=C3)=CC(C(C)(C)C)=N2)cc1. The van der Waals surface area contributed by atoms with E-state index < -0.39 is 0 Å². The number of allylic oxidation sites excluding steroid dienone is 5. The molecule has 3 unspecified atom stereocenters. The lowest BCUT2D eigenvalue weighted by Gasteiger charge is -2.33. The Morgan fingerprint density at radius 2 is 1.98 bits per heavy atom. The molecule has 7 heteroatoms. The van der Waals surface area contributed by atoms with Gasteiger partial charge in [0.25, 0.3) is 0 Å². The van der Waals surface area contributed by atoms with Gasteiger partial charge < -0.3 is 19.9 Å². The second-order valence-electron chi connectivity index (χ2n) is 12.7. The van der Waals surface area contributed by atoms with E-state index in [1.165, 1.54) is 11.1 Å². The maximum Gasteiger partial charge on any atom is 0.228 e. The van der Waals surface area contributed by atoms with Gasteiger partial charge in [-0.1, -0.05) is 86.6 Å². The maximum absolute atomic E-state index is 13.4. The first kappa shape index (κ1) is 30.4. The van der Waals surface area contributed by atoms with Gasteiger partial charge in [-0.15, -0.1) is 0 Å². The molecule has 0 aromatic heterocycles. The molecule has 42 heavy (non-hydrogen) atoms. The number of morpholine rings is 1. The van der Waals surface area contributed by atoms with Crippen LogP contribution in [0.1, 0.15) is 50.8 Å². The summed E-state index contributed by atoms with van der Waals surface area (Å²) in [7, 11) is 0. The molecule has 4 atom stereocenters. The van der Waals surface area contributed by atoms with Crippen LogP contribution in [0.3, 0.4) is 0 Å². The zero-order valence-electron chi connectivity index (χ0n) is 25.4. The third kappa shape index (κ3) is 7.64. The molecular weight excluding hydrogens is 526 g/mol. The summed E-state index contributed by atoms with van der Waals surface area (Å²) in [5, 5.41) is 12.6. The van der Waals surface area contributed by atoms with Crippen LogP contribution >= 0.6 is 0 Å². The minimum absolute atomic E-state index is 0.0157. The van der Waals surface area contributed by atoms with Gasteiger partial charge in [-0.3, -0.25) is 14.7 Å². The summed E-state index contributed by atoms with van der Waals surface area (Å²) < 4.78 is 11.9. The Balaban J connectivity index is 1.22. The number of rotatable bonds is 9. The first-order chi connectivity index (χ1) is 20.2. The summed E-state index contributed by atoms with van der Waals surface area (Å²) in [4.78, 5) is 20.8. The molecule has 4 aliphatic rings. The Kier molecular flexibility index (Phi) is 9.74. The maximum atomic E-state index is 13.4. The molecule has 5 rings (SSSR count). The number of ether oxygens (including phenoxy) is 2. The molecule has 0 radical (unpaired) electrons. The molecule has 0 saturated carbocycles. The van der Waals surface area contributed by atoms with Crippen molar-refractivity contribution in [2.24, 2.45) is 16.3 Å². The Morgan fingerprint density at radius 3 is 2.74 bits per heavy atom. The lowest BCUT2D eigenvalue weighted by atomic mass is 9.83. The molecule has 1 saturated heterocycles. The number of nitrogens with zero attached hydrogens (tertiary/aromatic N) is 2. The number of carbonyl (C=O) groups is 1. The van der Waals surface area contributed by atoms with Gasteiger partial charge in [-0.25, -0.2) is 0 Å². The van der Waals surface area contributed by atoms with Crippen molar-refractivity contribution >= 4 is 11.6 Å². The number of aryl methyl sites for hydroxylation is 1. The van der Waals surface area contributed by atoms with Gasteiger partial charge in [-0.2, -0.15) is 0 Å². The highest BCUT2D eigenvalue weighted by atomic mass is 16.5. The van der Waals surface area contributed by atoms with Crippen LogP contribution in [0.25, 0.3) is 0 Å². The monoisotopic (exact) mass is 571 g/mol. The zero-order valence-corrected chi connectivity index (χ0v) is 25.4. The predicted octanol–water partition coefficient (Wildman–Crippen LogP) is 5.00. The van der Waals surface area contributed by atoms with E-state index in [1.54, 1.807) is 0 Å². The average molecular weight is 572 g/mol. The van der Waals surface area contributed by atoms with E-state index in [9.17, 15) is 9.90 Å². The van der Waals surface area contributed by atoms with Crippen molar-refractivity contribution in [3.8, 4) is 0 Å². The van der Waals surface area contributed by atoms with Crippen LogP contribution in [-0.2, 0) is 14.3 Å². The highest BCUT2D eigenvalue weighted by Gasteiger charge is 2.30. The van der Waals surface area contributed by atoms with E-state index in [2.05, 4.69) is 86.5 Å². The fourth-order valence-corrected chi connectivity index (χ4v) is 5.87. The van der Waals surface area contributed by atoms with Crippen molar-refractivity contribution in [2.45, 2.75) is 58.8 Å². The third-order valence-corrected chi connectivity index (χ3v) is 8.31. The van der Waals surface area contributed by atoms with Gasteiger partial charge in [0.2, 0.25) is 5.91 Å². The molecule has 2 aliphatic heterocycles. The molecule has 1 aromatic rings. The van der Waals surface area contributed by atoms with E-state index in [4.69, 9.17) is 14.5 Å². The Morgan fingerprint density at radius 1 is 1.17 bits per heavy atom. The number of aliphatic hydroxyl groups excluding tert-OH is 1. The quantitative estimate of drug-likeness (QED) is 0.436. The molecule has 1 amide bonds. The largest absolute Gasteiger partial charge is 0.394 e. The highest BCUT2D eigenvalue weighted by molar-refractivity contribution is 6.01. The van der Waals surface area contributed by atoms with Gasteiger partial charge in [0.15, 0.2) is 0 Å². The fourth-order valence-electron chi connectivity index (χ4n) is 5.87. The van der Waals surface area contributed by atoms with E-state index in [0.29, 0.717) is 19.6 Å². The highest BCUT2D eigenvalue weighted by Crippen LogP contribution is 2.35. The van der Waals surface area contributed by atoms with E-state index >= 15 is 0 Å². The van der Waals surface area contributed by atoms with Crippen molar-refractivity contribution in [2.75, 3.05) is 39.5 Å². The van der Waals surface area contributed by atoms with Crippen LogP contribution in [0.4, 0.5) is 0 Å². The summed E-state index contributed by atoms with van der Waals surface area (Å²) in [6.07, 6.45) is 15.3. The number of dihydropyridines is 1. The number of amides is 1. The molecular formula is C35H45N3O4. The Hall–Kier alpha value is -3.10. The van der Waals surface area contributed by atoms with Crippen molar-refractivity contribution in [1.82, 2.24) is 10.2 Å². The van der Waals surface area contributed by atoms with E-state index in [1.807, 2.05) is 18.2 Å². The molecule has 7 nitrogen and oxygen atoms in total. The lowest BCUT2D eigenvalue weighted by molar-refractivity contribution is -0.119. The summed E-state index contributed by atoms with van der Waals surface area (Å²) in [5.74, 6) is 0.0302. The standard InChI is InChI=1S/C35H45N3O4/c1-24-9-11-26(12-10-24)31-19-25(20-33(36-31)35(2,3)4)21-34(40)37-30-13-14-32(29-8-6-5-7-28(29)30)42-18-16-38-15-17-41-27(22-38)23-39/h5-14,20,27,29,31-32,39H,15-19,21-23H2,1-4H3,(H,37,40)/t27?,29?,31?,32-/m1/s1. The molecule has 2 N–H and O–H groups in total. The number of aliphatic hydroxyl groups is 1. The first-order valence-electron chi connectivity index (χ1n) is 15.2. The zero-order chi connectivity index (χ0) is 29.7. The number of hydrogen-bond donors (Lipinski definition) is 2. The molecule has 224 valence electrons.